The van der Waals surface area contributed by atoms with Gasteiger partial charge in [0, 0.05) is 15.0 Å². The van der Waals surface area contributed by atoms with E-state index in [0.29, 0.717) is 12.2 Å². The third kappa shape index (κ3) is 1.57. The molecule has 0 radical (unpaired) electrons. The molecule has 1 aromatic carbocycles. The number of phenols is 1. The Hall–Kier alpha value is -0.800. The lowest BCUT2D eigenvalue weighted by atomic mass is 10.2. The Kier molecular flexibility index (Phi) is 2.61. The maximum Gasteiger partial charge on any atom is 0.129 e. The van der Waals surface area contributed by atoms with Gasteiger partial charge in [0.05, 0.1) is 16.1 Å². The minimum Gasteiger partial charge on any atom is -0.507 e. The second-order valence-electron chi connectivity index (χ2n) is 2.86. The summed E-state index contributed by atoms with van der Waals surface area (Å²) in [4.78, 5) is 1.05. The van der Waals surface area contributed by atoms with E-state index in [0.717, 1.165) is 18.5 Å². The first-order valence-corrected chi connectivity index (χ1v) is 5.88. The number of hydrogen-bond donors (Lipinski definition) is 1. The molecule has 0 unspecified atom stereocenters. The number of phenolic OH excluding ortho intramolecular Hbond substituents is 1. The summed E-state index contributed by atoms with van der Waals surface area (Å²) in [6.45, 7) is 0. The quantitative estimate of drug-likeness (QED) is 0.821. The molecular weight excluding hydrogens is 309 g/mol. The molecule has 0 aliphatic rings. The normalized spacial score (nSPS) is 10.3. The number of fused-ring (bicyclic) bond motifs is 1. The van der Waals surface area contributed by atoms with E-state index in [4.69, 9.17) is 5.26 Å². The minimum absolute atomic E-state index is 0.305. The summed E-state index contributed by atoms with van der Waals surface area (Å²) in [7, 11) is 0. The van der Waals surface area contributed by atoms with Crippen LogP contribution in [0.2, 0.25) is 0 Å². The maximum atomic E-state index is 9.49. The summed E-state index contributed by atoms with van der Waals surface area (Å²) < 4.78 is 1.98. The Morgan fingerprint density at radius 3 is 3.00 bits per heavy atom. The first-order valence-electron chi connectivity index (χ1n) is 3.99. The highest BCUT2D eigenvalue weighted by atomic mass is 127. The number of thiophene rings is 1. The van der Waals surface area contributed by atoms with E-state index >= 15 is 0 Å². The van der Waals surface area contributed by atoms with Crippen LogP contribution in [-0.2, 0) is 6.42 Å². The van der Waals surface area contributed by atoms with Crippen molar-refractivity contribution in [3.8, 4) is 11.8 Å². The van der Waals surface area contributed by atoms with Crippen LogP contribution in [0.4, 0.5) is 0 Å². The second kappa shape index (κ2) is 3.75. The lowest BCUT2D eigenvalue weighted by molar-refractivity contribution is 0.472. The Bertz CT molecular complexity index is 527. The van der Waals surface area contributed by atoms with Crippen LogP contribution >= 0.6 is 33.9 Å². The fourth-order valence-corrected chi connectivity index (χ4v) is 3.10. The number of nitrogens with zero attached hydrogens (tertiary/aromatic N) is 1. The van der Waals surface area contributed by atoms with Gasteiger partial charge in [-0.25, -0.2) is 0 Å². The van der Waals surface area contributed by atoms with E-state index in [-0.39, 0.29) is 0 Å². The average Bonchev–Trinajstić information content (AvgIpc) is 2.56. The summed E-state index contributed by atoms with van der Waals surface area (Å²) >= 11 is 3.72. The molecular formula is C10H6INOS. The van der Waals surface area contributed by atoms with Gasteiger partial charge in [0.25, 0.3) is 0 Å². The first-order chi connectivity index (χ1) is 6.72. The van der Waals surface area contributed by atoms with E-state index < -0.39 is 0 Å². The molecule has 2 aromatic rings. The van der Waals surface area contributed by atoms with Crippen LogP contribution < -0.4 is 0 Å². The predicted molar refractivity (Wildman–Crippen MR) is 65.5 cm³/mol. The molecule has 0 amide bonds. The van der Waals surface area contributed by atoms with E-state index in [9.17, 15) is 5.11 Å². The van der Waals surface area contributed by atoms with E-state index in [1.165, 1.54) is 0 Å². The molecule has 0 aliphatic heterocycles. The fraction of sp³-hybridized carbons (Fsp3) is 0.100. The molecule has 0 atom stereocenters. The Labute approximate surface area is 98.9 Å². The molecule has 0 bridgehead atoms. The van der Waals surface area contributed by atoms with Crippen molar-refractivity contribution in [1.82, 2.24) is 0 Å². The van der Waals surface area contributed by atoms with Gasteiger partial charge in [-0.15, -0.1) is 11.3 Å². The standard InChI is InChI=1S/C10H6INOS/c11-10-7-5-6(3-4-12)14-9(7)2-1-8(10)13/h1-2,5,13H,3H2. The molecule has 2 rings (SSSR count). The van der Waals surface area contributed by atoms with Gasteiger partial charge in [0.15, 0.2) is 0 Å². The molecule has 0 fully saturated rings. The SMILES string of the molecule is N#CCc1cc2c(I)c(O)ccc2s1. The van der Waals surface area contributed by atoms with Crippen molar-refractivity contribution < 1.29 is 5.11 Å². The third-order valence-electron chi connectivity index (χ3n) is 1.92. The zero-order valence-corrected chi connectivity index (χ0v) is 10.1. The molecule has 0 aliphatic carbocycles. The number of hydrogen-bond acceptors (Lipinski definition) is 3. The Balaban J connectivity index is 2.66. The van der Waals surface area contributed by atoms with Crippen LogP contribution in [0.25, 0.3) is 10.1 Å². The smallest absolute Gasteiger partial charge is 0.129 e. The van der Waals surface area contributed by atoms with E-state index in [2.05, 4.69) is 28.7 Å². The van der Waals surface area contributed by atoms with Crippen molar-refractivity contribution in [3.05, 3.63) is 26.6 Å². The van der Waals surface area contributed by atoms with Gasteiger partial charge in [-0.1, -0.05) is 0 Å². The molecule has 0 saturated carbocycles. The maximum absolute atomic E-state index is 9.49. The van der Waals surface area contributed by atoms with Gasteiger partial charge >= 0.3 is 0 Å². The minimum atomic E-state index is 0.305. The van der Waals surface area contributed by atoms with E-state index in [1.807, 2.05) is 12.1 Å². The first kappa shape index (κ1) is 9.74. The summed E-state index contributed by atoms with van der Waals surface area (Å²) in [6, 6.07) is 7.68. The molecule has 0 saturated heterocycles. The van der Waals surface area contributed by atoms with Gasteiger partial charge < -0.3 is 5.11 Å². The van der Waals surface area contributed by atoms with Gasteiger partial charge in [-0.05, 0) is 40.8 Å². The molecule has 2 nitrogen and oxygen atoms in total. The highest BCUT2D eigenvalue weighted by molar-refractivity contribution is 14.1. The lowest BCUT2D eigenvalue weighted by Gasteiger charge is -1.96. The van der Waals surface area contributed by atoms with Crippen LogP contribution in [0.15, 0.2) is 18.2 Å². The lowest BCUT2D eigenvalue weighted by Crippen LogP contribution is -1.73. The molecule has 14 heavy (non-hydrogen) atoms. The molecule has 70 valence electrons. The largest absolute Gasteiger partial charge is 0.507 e. The Morgan fingerprint density at radius 2 is 2.29 bits per heavy atom. The molecule has 4 heteroatoms. The van der Waals surface area contributed by atoms with Crippen LogP contribution in [0, 0.1) is 14.9 Å². The number of rotatable bonds is 1. The van der Waals surface area contributed by atoms with Gasteiger partial charge in [0.2, 0.25) is 0 Å². The summed E-state index contributed by atoms with van der Waals surface area (Å²) in [6.07, 6.45) is 0.441. The highest BCUT2D eigenvalue weighted by Crippen LogP contribution is 2.34. The monoisotopic (exact) mass is 315 g/mol. The van der Waals surface area contributed by atoms with Gasteiger partial charge in [-0.3, -0.25) is 0 Å². The molecule has 1 aromatic heterocycles. The average molecular weight is 315 g/mol. The van der Waals surface area contributed by atoms with Crippen LogP contribution in [0.3, 0.4) is 0 Å². The predicted octanol–water partition coefficient (Wildman–Crippen LogP) is 3.28. The fourth-order valence-electron chi connectivity index (χ4n) is 1.28. The van der Waals surface area contributed by atoms with Gasteiger partial charge in [0.1, 0.15) is 5.75 Å². The number of aromatic hydroxyl groups is 1. The number of benzene rings is 1. The molecule has 1 N–H and O–H groups in total. The van der Waals surface area contributed by atoms with Crippen molar-refractivity contribution >= 4 is 44.0 Å². The highest BCUT2D eigenvalue weighted by Gasteiger charge is 2.07. The zero-order chi connectivity index (χ0) is 10.1. The van der Waals surface area contributed by atoms with Gasteiger partial charge in [-0.2, -0.15) is 5.26 Å². The van der Waals surface area contributed by atoms with Crippen molar-refractivity contribution in [2.45, 2.75) is 6.42 Å². The number of halogens is 1. The van der Waals surface area contributed by atoms with Crippen molar-refractivity contribution in [2.75, 3.05) is 0 Å². The van der Waals surface area contributed by atoms with Crippen LogP contribution in [0.5, 0.6) is 5.75 Å². The summed E-state index contributed by atoms with van der Waals surface area (Å²) in [5.74, 6) is 0.305. The summed E-state index contributed by atoms with van der Waals surface area (Å²) in [5, 5.41) is 19.1. The van der Waals surface area contributed by atoms with Crippen molar-refractivity contribution in [2.24, 2.45) is 0 Å². The molecule has 1 heterocycles. The zero-order valence-electron chi connectivity index (χ0n) is 7.12. The van der Waals surface area contributed by atoms with Crippen LogP contribution in [-0.4, -0.2) is 5.11 Å². The third-order valence-corrected chi connectivity index (χ3v) is 4.15. The summed E-state index contributed by atoms with van der Waals surface area (Å²) in [5.41, 5.74) is 0. The van der Waals surface area contributed by atoms with Crippen LogP contribution in [0.1, 0.15) is 4.88 Å². The second-order valence-corrected chi connectivity index (χ2v) is 5.11. The van der Waals surface area contributed by atoms with E-state index in [1.54, 1.807) is 17.4 Å². The van der Waals surface area contributed by atoms with Crippen molar-refractivity contribution in [3.63, 3.8) is 0 Å². The molecule has 0 spiro atoms. The van der Waals surface area contributed by atoms with Crippen molar-refractivity contribution in [1.29, 1.82) is 5.26 Å². The Morgan fingerprint density at radius 1 is 1.50 bits per heavy atom. The topological polar surface area (TPSA) is 44.0 Å². The number of nitriles is 1.